The van der Waals surface area contributed by atoms with Crippen LogP contribution in [0.4, 0.5) is 11.4 Å². The topological polar surface area (TPSA) is 121 Å². The Bertz CT molecular complexity index is 1150. The smallest absolute Gasteiger partial charge is 0.234 e. The van der Waals surface area contributed by atoms with Crippen LogP contribution in [0.15, 0.2) is 58.8 Å². The molecule has 34 heavy (non-hydrogen) atoms. The highest BCUT2D eigenvalue weighted by Crippen LogP contribution is 2.35. The number of aromatic nitrogens is 2. The number of thioether (sulfide) groups is 2. The number of rotatable bonds is 8. The number of nitrogens with one attached hydrogen (secondary N) is 2. The van der Waals surface area contributed by atoms with Gasteiger partial charge < -0.3 is 29.6 Å². The van der Waals surface area contributed by atoms with Crippen molar-refractivity contribution in [3.8, 4) is 23.0 Å². The Labute approximate surface area is 202 Å². The Morgan fingerprint density at radius 1 is 0.765 bits per heavy atom. The van der Waals surface area contributed by atoms with Crippen LogP contribution in [0, 0.1) is 0 Å². The Morgan fingerprint density at radius 2 is 1.32 bits per heavy atom. The van der Waals surface area contributed by atoms with E-state index in [1.165, 1.54) is 23.5 Å². The van der Waals surface area contributed by atoms with E-state index >= 15 is 0 Å². The average molecular weight is 499 g/mol. The number of anilines is 2. The van der Waals surface area contributed by atoms with Crippen molar-refractivity contribution < 1.29 is 28.5 Å². The van der Waals surface area contributed by atoms with Gasteiger partial charge in [0.1, 0.15) is 5.03 Å². The van der Waals surface area contributed by atoms with Crippen molar-refractivity contribution in [1.29, 1.82) is 0 Å². The Morgan fingerprint density at radius 3 is 1.94 bits per heavy atom. The van der Waals surface area contributed by atoms with E-state index in [-0.39, 0.29) is 36.9 Å². The molecule has 2 aromatic carbocycles. The third-order valence-corrected chi connectivity index (χ3v) is 6.40. The molecule has 0 saturated heterocycles. The molecule has 2 aliphatic heterocycles. The molecule has 10 nitrogen and oxygen atoms in total. The summed E-state index contributed by atoms with van der Waals surface area (Å²) in [6.07, 6.45) is 1.60. The summed E-state index contributed by atoms with van der Waals surface area (Å²) in [5, 5.41) is 6.71. The first-order valence-electron chi connectivity index (χ1n) is 10.1. The van der Waals surface area contributed by atoms with Crippen molar-refractivity contribution in [3.05, 3.63) is 48.7 Å². The molecule has 2 aliphatic rings. The predicted molar refractivity (Wildman–Crippen MR) is 126 cm³/mol. The number of carbonyl (C=O) groups is 2. The minimum atomic E-state index is -0.200. The molecule has 2 N–H and O–H groups in total. The van der Waals surface area contributed by atoms with Gasteiger partial charge in [-0.3, -0.25) is 9.59 Å². The SMILES string of the molecule is O=C(CSc1ccnc(SCC(=O)Nc2ccc3c(c2)OCO3)n1)Nc1ccc2c(c1)OCO2. The third kappa shape index (κ3) is 5.46. The molecule has 0 aliphatic carbocycles. The van der Waals surface area contributed by atoms with Crippen LogP contribution in [-0.4, -0.2) is 46.9 Å². The van der Waals surface area contributed by atoms with Crippen molar-refractivity contribution in [2.45, 2.75) is 10.2 Å². The van der Waals surface area contributed by atoms with Gasteiger partial charge in [0.25, 0.3) is 0 Å². The van der Waals surface area contributed by atoms with Gasteiger partial charge in [0.2, 0.25) is 25.4 Å². The first-order valence-corrected chi connectivity index (χ1v) is 12.1. The summed E-state index contributed by atoms with van der Waals surface area (Å²) in [6.45, 7) is 0.352. The van der Waals surface area contributed by atoms with E-state index in [9.17, 15) is 9.59 Å². The summed E-state index contributed by atoms with van der Waals surface area (Å²) < 4.78 is 21.2. The van der Waals surface area contributed by atoms with E-state index in [4.69, 9.17) is 18.9 Å². The molecule has 5 rings (SSSR count). The summed E-state index contributed by atoms with van der Waals surface area (Å²) in [5.74, 6) is 2.43. The fraction of sp³-hybridized carbons (Fsp3) is 0.182. The quantitative estimate of drug-likeness (QED) is 0.272. The largest absolute Gasteiger partial charge is 0.454 e. The number of ether oxygens (including phenoxy) is 4. The molecule has 1 aromatic heterocycles. The molecule has 0 radical (unpaired) electrons. The van der Waals surface area contributed by atoms with Crippen molar-refractivity contribution in [2.24, 2.45) is 0 Å². The highest BCUT2D eigenvalue weighted by atomic mass is 32.2. The second-order valence-electron chi connectivity index (χ2n) is 6.99. The standard InChI is InChI=1S/C22H18N4O6S2/c27-19(24-13-1-3-15-17(7-13)31-11-29-15)9-33-21-5-6-23-22(26-21)34-10-20(28)25-14-2-4-16-18(8-14)32-12-30-16/h1-8H,9-12H2,(H,24,27)(H,25,28). The molecule has 3 heterocycles. The number of amides is 2. The zero-order chi connectivity index (χ0) is 23.3. The average Bonchev–Trinajstić information content (AvgIpc) is 3.50. The van der Waals surface area contributed by atoms with Gasteiger partial charge in [-0.15, -0.1) is 0 Å². The Balaban J connectivity index is 1.09. The molecular formula is C22H18N4O6S2. The van der Waals surface area contributed by atoms with E-state index in [0.717, 1.165) is 0 Å². The van der Waals surface area contributed by atoms with Crippen LogP contribution in [0.25, 0.3) is 0 Å². The Kier molecular flexibility index (Phi) is 6.58. The minimum absolute atomic E-state index is 0.132. The molecule has 3 aromatic rings. The van der Waals surface area contributed by atoms with Crippen LogP contribution < -0.4 is 29.6 Å². The van der Waals surface area contributed by atoms with Crippen LogP contribution in [0.3, 0.4) is 0 Å². The maximum atomic E-state index is 12.3. The zero-order valence-corrected chi connectivity index (χ0v) is 19.2. The minimum Gasteiger partial charge on any atom is -0.454 e. The second-order valence-corrected chi connectivity index (χ2v) is 8.93. The summed E-state index contributed by atoms with van der Waals surface area (Å²) in [5.41, 5.74) is 1.25. The first kappa shape index (κ1) is 22.2. The lowest BCUT2D eigenvalue weighted by Gasteiger charge is -2.07. The van der Waals surface area contributed by atoms with E-state index in [0.29, 0.717) is 44.6 Å². The van der Waals surface area contributed by atoms with Crippen LogP contribution in [0.2, 0.25) is 0 Å². The lowest BCUT2D eigenvalue weighted by Crippen LogP contribution is -2.14. The van der Waals surface area contributed by atoms with Crippen LogP contribution in [-0.2, 0) is 9.59 Å². The van der Waals surface area contributed by atoms with Gasteiger partial charge in [-0.2, -0.15) is 0 Å². The van der Waals surface area contributed by atoms with Crippen LogP contribution >= 0.6 is 23.5 Å². The zero-order valence-electron chi connectivity index (χ0n) is 17.6. The van der Waals surface area contributed by atoms with Gasteiger partial charge in [-0.05, 0) is 30.3 Å². The predicted octanol–water partition coefficient (Wildman–Crippen LogP) is 3.40. The molecule has 174 valence electrons. The van der Waals surface area contributed by atoms with Crippen molar-refractivity contribution >= 4 is 46.7 Å². The third-order valence-electron chi connectivity index (χ3n) is 4.60. The number of benzene rings is 2. The van der Waals surface area contributed by atoms with E-state index in [2.05, 4.69) is 20.6 Å². The number of carbonyl (C=O) groups excluding carboxylic acids is 2. The van der Waals surface area contributed by atoms with Gasteiger partial charge in [0, 0.05) is 29.7 Å². The van der Waals surface area contributed by atoms with Crippen LogP contribution in [0.5, 0.6) is 23.0 Å². The Hall–Kier alpha value is -3.64. The van der Waals surface area contributed by atoms with E-state index in [1.54, 1.807) is 48.7 Å². The molecule has 0 spiro atoms. The van der Waals surface area contributed by atoms with Gasteiger partial charge in [0.05, 0.1) is 11.5 Å². The number of nitrogens with zero attached hydrogens (tertiary/aromatic N) is 2. The maximum Gasteiger partial charge on any atom is 0.234 e. The highest BCUT2D eigenvalue weighted by Gasteiger charge is 2.16. The summed E-state index contributed by atoms with van der Waals surface area (Å²) in [4.78, 5) is 33.2. The van der Waals surface area contributed by atoms with E-state index in [1.807, 2.05) is 0 Å². The maximum absolute atomic E-state index is 12.3. The second kappa shape index (κ2) is 10.1. The number of hydrogen-bond donors (Lipinski definition) is 2. The summed E-state index contributed by atoms with van der Waals surface area (Å²) in [7, 11) is 0. The van der Waals surface area contributed by atoms with Crippen LogP contribution in [0.1, 0.15) is 0 Å². The molecule has 0 fully saturated rings. The summed E-state index contributed by atoms with van der Waals surface area (Å²) >= 11 is 2.48. The fourth-order valence-electron chi connectivity index (χ4n) is 3.09. The normalized spacial score (nSPS) is 12.9. The number of hydrogen-bond acceptors (Lipinski definition) is 10. The van der Waals surface area contributed by atoms with Crippen molar-refractivity contribution in [3.63, 3.8) is 0 Å². The molecular weight excluding hydrogens is 480 g/mol. The molecule has 12 heteroatoms. The van der Waals surface area contributed by atoms with Crippen molar-refractivity contribution in [2.75, 3.05) is 35.7 Å². The molecule has 0 unspecified atom stereocenters. The molecule has 2 amide bonds. The highest BCUT2D eigenvalue weighted by molar-refractivity contribution is 8.00. The molecule has 0 saturated carbocycles. The van der Waals surface area contributed by atoms with Gasteiger partial charge in [0.15, 0.2) is 28.2 Å². The fourth-order valence-corrected chi connectivity index (χ4v) is 4.44. The van der Waals surface area contributed by atoms with Crippen molar-refractivity contribution in [1.82, 2.24) is 9.97 Å². The lowest BCUT2D eigenvalue weighted by atomic mass is 10.3. The molecule has 0 atom stereocenters. The van der Waals surface area contributed by atoms with Gasteiger partial charge >= 0.3 is 0 Å². The number of fused-ring (bicyclic) bond motifs is 2. The van der Waals surface area contributed by atoms with E-state index < -0.39 is 0 Å². The summed E-state index contributed by atoms with van der Waals surface area (Å²) in [6, 6.07) is 12.2. The van der Waals surface area contributed by atoms with Gasteiger partial charge in [-0.25, -0.2) is 9.97 Å². The van der Waals surface area contributed by atoms with Gasteiger partial charge in [-0.1, -0.05) is 23.5 Å². The first-order chi connectivity index (χ1) is 16.6. The lowest BCUT2D eigenvalue weighted by molar-refractivity contribution is -0.114. The molecule has 0 bridgehead atoms. The monoisotopic (exact) mass is 498 g/mol.